The molecule has 0 spiro atoms. The van der Waals surface area contributed by atoms with E-state index in [-0.39, 0.29) is 0 Å². The van der Waals surface area contributed by atoms with Crippen LogP contribution in [0.2, 0.25) is 0 Å². The molecule has 0 atom stereocenters. The Kier molecular flexibility index (Phi) is 2.75. The lowest BCUT2D eigenvalue weighted by Gasteiger charge is -2.05. The van der Waals surface area contributed by atoms with Crippen molar-refractivity contribution in [2.24, 2.45) is 0 Å². The molecule has 21 heavy (non-hydrogen) atoms. The molecule has 4 rings (SSSR count). The van der Waals surface area contributed by atoms with Gasteiger partial charge >= 0.3 is 0 Å². The van der Waals surface area contributed by atoms with Gasteiger partial charge in [-0.25, -0.2) is 9.97 Å². The minimum absolute atomic E-state index is 0.757. The Morgan fingerprint density at radius 1 is 1.14 bits per heavy atom. The summed E-state index contributed by atoms with van der Waals surface area (Å²) in [5.41, 5.74) is 3.39. The summed E-state index contributed by atoms with van der Waals surface area (Å²) in [5.74, 6) is 0.933. The van der Waals surface area contributed by atoms with E-state index in [9.17, 15) is 0 Å². The van der Waals surface area contributed by atoms with Crippen molar-refractivity contribution in [3.05, 3.63) is 58.5 Å². The lowest BCUT2D eigenvalue weighted by atomic mass is 10.1. The molecule has 0 radical (unpaired) electrons. The SMILES string of the molecule is Cc1sc2nc(Cc3ccccc3)n3ncnc3c2c1C. The van der Waals surface area contributed by atoms with E-state index in [4.69, 9.17) is 4.98 Å². The second kappa shape index (κ2) is 4.63. The Labute approximate surface area is 126 Å². The van der Waals surface area contributed by atoms with Gasteiger partial charge in [-0.15, -0.1) is 11.3 Å². The molecule has 0 amide bonds. The summed E-state index contributed by atoms with van der Waals surface area (Å²) >= 11 is 1.73. The maximum Gasteiger partial charge on any atom is 0.167 e. The Morgan fingerprint density at radius 3 is 2.76 bits per heavy atom. The molecule has 0 N–H and O–H groups in total. The van der Waals surface area contributed by atoms with Crippen molar-refractivity contribution in [3.63, 3.8) is 0 Å². The summed E-state index contributed by atoms with van der Waals surface area (Å²) in [6.45, 7) is 4.26. The van der Waals surface area contributed by atoms with E-state index < -0.39 is 0 Å². The minimum Gasteiger partial charge on any atom is -0.221 e. The van der Waals surface area contributed by atoms with Crippen molar-refractivity contribution in [2.75, 3.05) is 0 Å². The summed E-state index contributed by atoms with van der Waals surface area (Å²) in [4.78, 5) is 11.6. The molecule has 4 nitrogen and oxygen atoms in total. The van der Waals surface area contributed by atoms with Crippen LogP contribution in [0.3, 0.4) is 0 Å². The van der Waals surface area contributed by atoms with Crippen LogP contribution in [0.5, 0.6) is 0 Å². The van der Waals surface area contributed by atoms with Gasteiger partial charge < -0.3 is 0 Å². The molecule has 104 valence electrons. The molecule has 4 aromatic rings. The first-order chi connectivity index (χ1) is 10.2. The zero-order valence-corrected chi connectivity index (χ0v) is 12.7. The van der Waals surface area contributed by atoms with Crippen molar-refractivity contribution in [2.45, 2.75) is 20.3 Å². The molecule has 0 unspecified atom stereocenters. The van der Waals surface area contributed by atoms with Crippen LogP contribution in [-0.2, 0) is 6.42 Å². The van der Waals surface area contributed by atoms with Crippen LogP contribution in [0.1, 0.15) is 21.8 Å². The van der Waals surface area contributed by atoms with Crippen molar-refractivity contribution in [1.29, 1.82) is 0 Å². The zero-order valence-electron chi connectivity index (χ0n) is 11.9. The molecule has 1 aromatic carbocycles. The van der Waals surface area contributed by atoms with Crippen molar-refractivity contribution in [3.8, 4) is 0 Å². The number of hydrogen-bond donors (Lipinski definition) is 0. The number of rotatable bonds is 2. The summed E-state index contributed by atoms with van der Waals surface area (Å²) in [6, 6.07) is 10.3. The highest BCUT2D eigenvalue weighted by molar-refractivity contribution is 7.18. The fraction of sp³-hybridized carbons (Fsp3) is 0.188. The van der Waals surface area contributed by atoms with E-state index in [0.29, 0.717) is 0 Å². The maximum atomic E-state index is 4.83. The summed E-state index contributed by atoms with van der Waals surface area (Å²) in [5, 5.41) is 5.49. The van der Waals surface area contributed by atoms with Gasteiger partial charge in [0.05, 0.1) is 5.39 Å². The molecule has 0 saturated heterocycles. The highest BCUT2D eigenvalue weighted by Crippen LogP contribution is 2.31. The summed E-state index contributed by atoms with van der Waals surface area (Å²) in [6.07, 6.45) is 2.37. The van der Waals surface area contributed by atoms with E-state index in [0.717, 1.165) is 28.1 Å². The number of nitrogens with zero attached hydrogens (tertiary/aromatic N) is 4. The molecule has 0 saturated carbocycles. The minimum atomic E-state index is 0.757. The van der Waals surface area contributed by atoms with Crippen molar-refractivity contribution >= 4 is 27.2 Å². The van der Waals surface area contributed by atoms with Crippen LogP contribution in [0.15, 0.2) is 36.7 Å². The Hall–Kier alpha value is -2.27. The van der Waals surface area contributed by atoms with Crippen LogP contribution >= 0.6 is 11.3 Å². The first kappa shape index (κ1) is 12.5. The van der Waals surface area contributed by atoms with Gasteiger partial charge in [-0.1, -0.05) is 30.3 Å². The van der Waals surface area contributed by atoms with Gasteiger partial charge in [-0.3, -0.25) is 0 Å². The lowest BCUT2D eigenvalue weighted by Crippen LogP contribution is -2.03. The number of aryl methyl sites for hydroxylation is 2. The van der Waals surface area contributed by atoms with Crippen LogP contribution in [0, 0.1) is 13.8 Å². The van der Waals surface area contributed by atoms with Gasteiger partial charge in [0.2, 0.25) is 0 Å². The predicted molar refractivity (Wildman–Crippen MR) is 84.9 cm³/mol. The van der Waals surface area contributed by atoms with Crippen molar-refractivity contribution < 1.29 is 0 Å². The molecule has 0 aliphatic carbocycles. The smallest absolute Gasteiger partial charge is 0.167 e. The van der Waals surface area contributed by atoms with Crippen LogP contribution in [0.4, 0.5) is 0 Å². The van der Waals surface area contributed by atoms with Gasteiger partial charge in [-0.05, 0) is 25.0 Å². The van der Waals surface area contributed by atoms with Crippen LogP contribution in [0.25, 0.3) is 15.9 Å². The molecule has 3 aromatic heterocycles. The first-order valence-electron chi connectivity index (χ1n) is 6.86. The fourth-order valence-electron chi connectivity index (χ4n) is 2.61. The topological polar surface area (TPSA) is 43.1 Å². The number of hydrogen-bond acceptors (Lipinski definition) is 4. The third-order valence-electron chi connectivity index (χ3n) is 3.82. The van der Waals surface area contributed by atoms with E-state index >= 15 is 0 Å². The Morgan fingerprint density at radius 2 is 1.95 bits per heavy atom. The molecule has 0 aliphatic rings. The quantitative estimate of drug-likeness (QED) is 0.568. The molecule has 3 heterocycles. The Bertz CT molecular complexity index is 937. The van der Waals surface area contributed by atoms with E-state index in [2.05, 4.69) is 36.1 Å². The van der Waals surface area contributed by atoms with Gasteiger partial charge in [0.25, 0.3) is 0 Å². The second-order valence-corrected chi connectivity index (χ2v) is 6.35. The van der Waals surface area contributed by atoms with E-state index in [1.165, 1.54) is 16.0 Å². The molecule has 0 aliphatic heterocycles. The molecular weight excluding hydrogens is 280 g/mol. The highest BCUT2D eigenvalue weighted by atomic mass is 32.1. The Balaban J connectivity index is 1.98. The van der Waals surface area contributed by atoms with E-state index in [1.54, 1.807) is 17.7 Å². The molecule has 5 heteroatoms. The fourth-order valence-corrected chi connectivity index (χ4v) is 3.65. The summed E-state index contributed by atoms with van der Waals surface area (Å²) < 4.78 is 1.87. The third kappa shape index (κ3) is 1.93. The maximum absolute atomic E-state index is 4.83. The molecule has 0 bridgehead atoms. The average molecular weight is 294 g/mol. The standard InChI is InChI=1S/C16H14N4S/c1-10-11(2)21-16-14(10)15-17-9-18-20(15)13(19-16)8-12-6-4-3-5-7-12/h3-7,9H,8H2,1-2H3. The number of fused-ring (bicyclic) bond motifs is 3. The number of thiophene rings is 1. The van der Waals surface area contributed by atoms with Gasteiger partial charge in [0, 0.05) is 11.3 Å². The van der Waals surface area contributed by atoms with Crippen molar-refractivity contribution in [1.82, 2.24) is 19.6 Å². The monoisotopic (exact) mass is 294 g/mol. The van der Waals surface area contributed by atoms with E-state index in [1.807, 2.05) is 22.7 Å². The average Bonchev–Trinajstić information content (AvgIpc) is 3.06. The summed E-state index contributed by atoms with van der Waals surface area (Å²) in [7, 11) is 0. The van der Waals surface area contributed by atoms with Gasteiger partial charge in [0.1, 0.15) is 17.0 Å². The second-order valence-electron chi connectivity index (χ2n) is 5.15. The first-order valence-corrected chi connectivity index (χ1v) is 7.68. The number of benzene rings is 1. The largest absolute Gasteiger partial charge is 0.221 e. The zero-order chi connectivity index (χ0) is 14.4. The normalized spacial score (nSPS) is 11.5. The van der Waals surface area contributed by atoms with Crippen LogP contribution < -0.4 is 0 Å². The predicted octanol–water partition coefficient (Wildman–Crippen LogP) is 3.55. The molecular formula is C16H14N4S. The number of aromatic nitrogens is 4. The molecule has 0 fully saturated rings. The lowest BCUT2D eigenvalue weighted by molar-refractivity contribution is 0.839. The van der Waals surface area contributed by atoms with Gasteiger partial charge in [0.15, 0.2) is 5.65 Å². The third-order valence-corrected chi connectivity index (χ3v) is 4.92. The van der Waals surface area contributed by atoms with Gasteiger partial charge in [-0.2, -0.15) is 9.61 Å². The van der Waals surface area contributed by atoms with Crippen LogP contribution in [-0.4, -0.2) is 19.6 Å². The highest BCUT2D eigenvalue weighted by Gasteiger charge is 2.15.